The van der Waals surface area contributed by atoms with Gasteiger partial charge in [-0.1, -0.05) is 12.1 Å². The van der Waals surface area contributed by atoms with Crippen molar-refractivity contribution in [3.05, 3.63) is 29.8 Å². The van der Waals surface area contributed by atoms with Crippen LogP contribution in [-0.4, -0.2) is 28.4 Å². The molecule has 0 saturated carbocycles. The average molecular weight is 277 g/mol. The summed E-state index contributed by atoms with van der Waals surface area (Å²) in [5.74, 6) is -0.768. The summed E-state index contributed by atoms with van der Waals surface area (Å²) in [7, 11) is 0. The Morgan fingerprint density at radius 2 is 1.84 bits per heavy atom. The third-order valence-electron chi connectivity index (χ3n) is 4.01. The molecule has 1 aromatic rings. The molecule has 1 unspecified atom stereocenters. The van der Waals surface area contributed by atoms with E-state index in [-0.39, 0.29) is 6.42 Å². The highest BCUT2D eigenvalue weighted by Crippen LogP contribution is 2.37. The van der Waals surface area contributed by atoms with E-state index in [0.717, 1.165) is 17.6 Å². The fourth-order valence-corrected chi connectivity index (χ4v) is 4.49. The summed E-state index contributed by atoms with van der Waals surface area (Å²) in [6.45, 7) is 0. The minimum absolute atomic E-state index is 0.114. The highest BCUT2D eigenvalue weighted by atomic mass is 32.2. The van der Waals surface area contributed by atoms with Crippen LogP contribution in [0.5, 0.6) is 0 Å². The number of hydrogen-bond acceptors (Lipinski definition) is 3. The Bertz CT molecular complexity index is 448. The maximum atomic E-state index is 10.6. The number of carboxylic acids is 1. The molecule has 1 aromatic carbocycles. The van der Waals surface area contributed by atoms with Crippen LogP contribution in [0, 0.1) is 0 Å². The van der Waals surface area contributed by atoms with E-state index in [4.69, 9.17) is 5.11 Å². The van der Waals surface area contributed by atoms with Gasteiger partial charge in [0.1, 0.15) is 0 Å². The first-order chi connectivity index (χ1) is 9.19. The number of fused-ring (bicyclic) bond motifs is 2. The lowest BCUT2D eigenvalue weighted by molar-refractivity contribution is -0.136. The van der Waals surface area contributed by atoms with Crippen LogP contribution in [0.2, 0.25) is 0 Å². The Balaban J connectivity index is 1.59. The molecule has 4 heteroatoms. The molecular weight excluding hydrogens is 258 g/mol. The van der Waals surface area contributed by atoms with E-state index in [2.05, 4.69) is 17.4 Å². The highest BCUT2D eigenvalue weighted by Gasteiger charge is 2.33. The minimum atomic E-state index is -0.768. The fraction of sp³-hybridized carbons (Fsp3) is 0.533. The van der Waals surface area contributed by atoms with Crippen molar-refractivity contribution in [2.75, 3.05) is 0 Å². The van der Waals surface area contributed by atoms with Gasteiger partial charge < -0.3 is 10.4 Å². The van der Waals surface area contributed by atoms with Gasteiger partial charge in [0.25, 0.3) is 0 Å². The normalized spacial score (nSPS) is 29.4. The van der Waals surface area contributed by atoms with Crippen LogP contribution >= 0.6 is 11.8 Å². The number of carboxylic acid groups (broad SMARTS) is 1. The number of thioether (sulfide) groups is 1. The predicted octanol–water partition coefficient (Wildman–Crippen LogP) is 2.69. The number of piperidine rings is 1. The average Bonchev–Trinajstić information content (AvgIpc) is 2.71. The number of aliphatic carboxylic acids is 1. The monoisotopic (exact) mass is 277 g/mol. The molecule has 3 atom stereocenters. The van der Waals surface area contributed by atoms with Crippen molar-refractivity contribution >= 4 is 17.7 Å². The quantitative estimate of drug-likeness (QED) is 0.888. The summed E-state index contributed by atoms with van der Waals surface area (Å²) in [4.78, 5) is 11.9. The first-order valence-electron chi connectivity index (χ1n) is 6.92. The Labute approximate surface area is 117 Å². The topological polar surface area (TPSA) is 49.3 Å². The molecule has 0 amide bonds. The van der Waals surface area contributed by atoms with Gasteiger partial charge in [0.05, 0.1) is 6.42 Å². The van der Waals surface area contributed by atoms with Gasteiger partial charge in [0.2, 0.25) is 0 Å². The zero-order valence-electron chi connectivity index (χ0n) is 10.8. The first kappa shape index (κ1) is 13.0. The van der Waals surface area contributed by atoms with Gasteiger partial charge in [0.15, 0.2) is 0 Å². The van der Waals surface area contributed by atoms with Crippen LogP contribution in [0.3, 0.4) is 0 Å². The van der Waals surface area contributed by atoms with Gasteiger partial charge in [-0.15, -0.1) is 11.8 Å². The van der Waals surface area contributed by atoms with Gasteiger partial charge in [0, 0.05) is 22.2 Å². The third-order valence-corrected chi connectivity index (χ3v) is 5.27. The van der Waals surface area contributed by atoms with E-state index in [9.17, 15) is 4.79 Å². The molecule has 102 valence electrons. The van der Waals surface area contributed by atoms with Crippen LogP contribution in [0.15, 0.2) is 29.2 Å². The Morgan fingerprint density at radius 1 is 1.21 bits per heavy atom. The molecule has 19 heavy (non-hydrogen) atoms. The molecule has 3 rings (SSSR count). The van der Waals surface area contributed by atoms with Gasteiger partial charge in [-0.05, 0) is 43.4 Å². The van der Waals surface area contributed by atoms with Crippen molar-refractivity contribution in [1.82, 2.24) is 5.32 Å². The zero-order valence-corrected chi connectivity index (χ0v) is 11.7. The highest BCUT2D eigenvalue weighted by molar-refractivity contribution is 8.00. The summed E-state index contributed by atoms with van der Waals surface area (Å²) < 4.78 is 0. The van der Waals surface area contributed by atoms with Crippen molar-refractivity contribution < 1.29 is 9.90 Å². The Kier molecular flexibility index (Phi) is 3.80. The number of carbonyl (C=O) groups is 1. The standard InChI is InChI=1S/C15H19NO2S/c17-15(18)7-10-1-5-13(6-2-10)19-14-8-11-3-4-12(9-14)16-11/h1-2,5-6,11-12,14,16H,3-4,7-9H2,(H,17,18)/t11-,12+,14?. The third kappa shape index (κ3) is 3.31. The second-order valence-corrected chi connectivity index (χ2v) is 6.94. The van der Waals surface area contributed by atoms with Crippen LogP contribution in [0.1, 0.15) is 31.2 Å². The van der Waals surface area contributed by atoms with Crippen molar-refractivity contribution in [3.8, 4) is 0 Å². The number of hydrogen-bond donors (Lipinski definition) is 2. The van der Waals surface area contributed by atoms with Crippen LogP contribution in [0.4, 0.5) is 0 Å². The van der Waals surface area contributed by atoms with E-state index < -0.39 is 5.97 Å². The maximum absolute atomic E-state index is 10.6. The van der Waals surface area contributed by atoms with E-state index >= 15 is 0 Å². The lowest BCUT2D eigenvalue weighted by atomic mass is 10.1. The number of nitrogens with one attached hydrogen (secondary N) is 1. The van der Waals surface area contributed by atoms with E-state index in [1.807, 2.05) is 23.9 Å². The van der Waals surface area contributed by atoms with Crippen LogP contribution in [-0.2, 0) is 11.2 Å². The SMILES string of the molecule is O=C(O)Cc1ccc(SC2C[C@H]3CC[C@@H](C2)N3)cc1. The molecule has 2 N–H and O–H groups in total. The smallest absolute Gasteiger partial charge is 0.307 e. The maximum Gasteiger partial charge on any atom is 0.307 e. The largest absolute Gasteiger partial charge is 0.481 e. The van der Waals surface area contributed by atoms with Crippen LogP contribution in [0.25, 0.3) is 0 Å². The van der Waals surface area contributed by atoms with Gasteiger partial charge >= 0.3 is 5.97 Å². The lowest BCUT2D eigenvalue weighted by Crippen LogP contribution is -2.39. The molecule has 2 saturated heterocycles. The van der Waals surface area contributed by atoms with Crippen LogP contribution < -0.4 is 5.32 Å². The van der Waals surface area contributed by atoms with Crippen molar-refractivity contribution in [2.24, 2.45) is 0 Å². The molecule has 2 bridgehead atoms. The number of benzene rings is 1. The van der Waals surface area contributed by atoms with Crippen molar-refractivity contribution in [3.63, 3.8) is 0 Å². The molecule has 0 radical (unpaired) electrons. The summed E-state index contributed by atoms with van der Waals surface area (Å²) in [6, 6.07) is 9.45. The van der Waals surface area contributed by atoms with E-state index in [0.29, 0.717) is 5.25 Å². The zero-order chi connectivity index (χ0) is 13.2. The molecule has 0 spiro atoms. The molecular formula is C15H19NO2S. The predicted molar refractivity (Wildman–Crippen MR) is 76.6 cm³/mol. The summed E-state index contributed by atoms with van der Waals surface area (Å²) in [6.07, 6.45) is 5.30. The molecule has 0 aromatic heterocycles. The summed E-state index contributed by atoms with van der Waals surface area (Å²) >= 11 is 1.95. The van der Waals surface area contributed by atoms with Crippen molar-refractivity contribution in [2.45, 2.75) is 54.3 Å². The Hall–Kier alpha value is -1.00. The molecule has 2 heterocycles. The van der Waals surface area contributed by atoms with Gasteiger partial charge in [-0.2, -0.15) is 0 Å². The molecule has 0 aliphatic carbocycles. The first-order valence-corrected chi connectivity index (χ1v) is 7.80. The minimum Gasteiger partial charge on any atom is -0.481 e. The van der Waals surface area contributed by atoms with E-state index in [1.165, 1.54) is 30.6 Å². The van der Waals surface area contributed by atoms with Crippen molar-refractivity contribution in [1.29, 1.82) is 0 Å². The lowest BCUT2D eigenvalue weighted by Gasteiger charge is -2.28. The summed E-state index contributed by atoms with van der Waals surface area (Å²) in [5.41, 5.74) is 0.877. The second-order valence-electron chi connectivity index (χ2n) is 5.56. The Morgan fingerprint density at radius 3 is 2.42 bits per heavy atom. The van der Waals surface area contributed by atoms with Gasteiger partial charge in [-0.25, -0.2) is 0 Å². The number of rotatable bonds is 4. The molecule has 2 aliphatic heterocycles. The fourth-order valence-electron chi connectivity index (χ4n) is 3.15. The van der Waals surface area contributed by atoms with E-state index in [1.54, 1.807) is 0 Å². The molecule has 2 fully saturated rings. The molecule has 3 nitrogen and oxygen atoms in total. The summed E-state index contributed by atoms with van der Waals surface area (Å²) in [5, 5.41) is 13.1. The van der Waals surface area contributed by atoms with Gasteiger partial charge in [-0.3, -0.25) is 4.79 Å². The second kappa shape index (κ2) is 5.55. The molecule has 2 aliphatic rings.